The molecule has 1 unspecified atom stereocenters. The Morgan fingerprint density at radius 3 is 2.76 bits per heavy atom. The number of rotatable bonds is 5. The van der Waals surface area contributed by atoms with Gasteiger partial charge in [0.05, 0.1) is 28.9 Å². The van der Waals surface area contributed by atoms with E-state index in [4.69, 9.17) is 9.47 Å². The third-order valence-electron chi connectivity index (χ3n) is 6.91. The second-order valence-corrected chi connectivity index (χ2v) is 9.06. The van der Waals surface area contributed by atoms with E-state index in [1.165, 1.54) is 24.4 Å². The van der Waals surface area contributed by atoms with E-state index in [1.807, 2.05) is 24.3 Å². The highest BCUT2D eigenvalue weighted by atomic mass is 19.2. The Labute approximate surface area is 209 Å². The third-order valence-corrected chi connectivity index (χ3v) is 6.91. The van der Waals surface area contributed by atoms with Crippen molar-refractivity contribution >= 4 is 17.2 Å². The van der Waals surface area contributed by atoms with E-state index in [-0.39, 0.29) is 33.6 Å². The van der Waals surface area contributed by atoms with Crippen molar-refractivity contribution in [2.24, 2.45) is 0 Å². The normalized spacial score (nSPS) is 16.9. The van der Waals surface area contributed by atoms with Crippen molar-refractivity contribution in [1.82, 2.24) is 15.0 Å². The molecule has 3 heterocycles. The Bertz CT molecular complexity index is 1680. The molecule has 5 aromatic rings. The first-order chi connectivity index (χ1) is 17.9. The average Bonchev–Trinajstić information content (AvgIpc) is 3.60. The second kappa shape index (κ2) is 8.55. The highest BCUT2D eigenvalue weighted by Crippen LogP contribution is 2.43. The number of carbonyl (C=O) groups excluding carboxylic acids is 1. The maximum atomic E-state index is 14.9. The predicted molar refractivity (Wildman–Crippen MR) is 131 cm³/mol. The Morgan fingerprint density at radius 2 is 1.92 bits per heavy atom. The maximum absolute atomic E-state index is 14.9. The van der Waals surface area contributed by atoms with E-state index in [2.05, 4.69) is 21.9 Å². The number of nitrogens with zero attached hydrogens (tertiary/aromatic N) is 1. The SMILES string of the molecule is CC1(c2c[nH]c(-c3cc(Oc4c(F)c(F)c5[nH]ccc5c4C=O)ccc3F)n2)CCOc2ccccc21. The van der Waals surface area contributed by atoms with Crippen LogP contribution < -0.4 is 9.47 Å². The van der Waals surface area contributed by atoms with Gasteiger partial charge in [-0.25, -0.2) is 13.8 Å². The Kier molecular flexibility index (Phi) is 5.29. The highest BCUT2D eigenvalue weighted by Gasteiger charge is 2.37. The molecule has 0 bridgehead atoms. The number of aldehydes is 1. The average molecular weight is 503 g/mol. The zero-order valence-corrected chi connectivity index (χ0v) is 19.6. The van der Waals surface area contributed by atoms with Crippen LogP contribution in [-0.4, -0.2) is 27.8 Å². The number of hydrogen-bond donors (Lipinski definition) is 2. The number of ether oxygens (including phenoxy) is 2. The van der Waals surface area contributed by atoms with Gasteiger partial charge in [0.1, 0.15) is 23.1 Å². The van der Waals surface area contributed by atoms with Crippen LogP contribution in [0.25, 0.3) is 22.3 Å². The van der Waals surface area contributed by atoms with Gasteiger partial charge in [-0.15, -0.1) is 0 Å². The summed E-state index contributed by atoms with van der Waals surface area (Å²) in [5.41, 5.74) is 1.00. The zero-order chi connectivity index (χ0) is 25.7. The quantitative estimate of drug-likeness (QED) is 0.263. The molecule has 6 rings (SSSR count). The molecule has 2 aromatic heterocycles. The number of halogens is 3. The summed E-state index contributed by atoms with van der Waals surface area (Å²) >= 11 is 0. The molecule has 6 nitrogen and oxygen atoms in total. The van der Waals surface area contributed by atoms with Crippen LogP contribution >= 0.6 is 0 Å². The molecule has 0 fully saturated rings. The van der Waals surface area contributed by atoms with E-state index in [1.54, 1.807) is 6.20 Å². The van der Waals surface area contributed by atoms with Crippen LogP contribution in [0.5, 0.6) is 17.2 Å². The van der Waals surface area contributed by atoms with Crippen LogP contribution in [0.1, 0.15) is 35.0 Å². The summed E-state index contributed by atoms with van der Waals surface area (Å²) in [5, 5.41) is 0.173. The monoisotopic (exact) mass is 503 g/mol. The fraction of sp³-hybridized carbons (Fsp3) is 0.143. The number of hydrogen-bond acceptors (Lipinski definition) is 4. The molecular formula is C28H20F3N3O3. The fourth-order valence-corrected chi connectivity index (χ4v) is 4.87. The van der Waals surface area contributed by atoms with E-state index in [0.717, 1.165) is 17.4 Å². The summed E-state index contributed by atoms with van der Waals surface area (Å²) in [6.07, 6.45) is 4.19. The number of imidazole rings is 1. The standard InChI is InChI=1S/C28H20F3N3O3/c1-28(9-11-36-21-5-3-2-4-19(21)28)22-13-33-27(34-22)17-12-15(6-7-20(17)29)37-26-18(14-35)16-8-10-32-25(16)23(30)24(26)31/h2-8,10,12-14,32H,9,11H2,1H3,(H,33,34). The van der Waals surface area contributed by atoms with Crippen molar-refractivity contribution in [2.75, 3.05) is 6.61 Å². The number of aromatic nitrogens is 3. The van der Waals surface area contributed by atoms with Crippen molar-refractivity contribution in [2.45, 2.75) is 18.8 Å². The third kappa shape index (κ3) is 3.57. The minimum atomic E-state index is -1.32. The van der Waals surface area contributed by atoms with Gasteiger partial charge < -0.3 is 19.4 Å². The molecule has 9 heteroatoms. The van der Waals surface area contributed by atoms with Crippen molar-refractivity contribution in [3.05, 3.63) is 95.2 Å². The topological polar surface area (TPSA) is 80.0 Å². The minimum absolute atomic E-state index is 0.00765. The van der Waals surface area contributed by atoms with E-state index >= 15 is 0 Å². The van der Waals surface area contributed by atoms with E-state index in [0.29, 0.717) is 25.0 Å². The first kappa shape index (κ1) is 22.9. The number of aromatic amines is 2. The summed E-state index contributed by atoms with van der Waals surface area (Å²) in [4.78, 5) is 22.0. The van der Waals surface area contributed by atoms with Gasteiger partial charge >= 0.3 is 0 Å². The van der Waals surface area contributed by atoms with Gasteiger partial charge in [0.15, 0.2) is 17.9 Å². The minimum Gasteiger partial charge on any atom is -0.493 e. The van der Waals surface area contributed by atoms with Gasteiger partial charge in [-0.3, -0.25) is 4.79 Å². The van der Waals surface area contributed by atoms with Crippen molar-refractivity contribution in [3.8, 4) is 28.6 Å². The van der Waals surface area contributed by atoms with Crippen LogP contribution in [0.3, 0.4) is 0 Å². The van der Waals surface area contributed by atoms with Gasteiger partial charge in [-0.05, 0) is 43.7 Å². The molecule has 2 N–H and O–H groups in total. The zero-order valence-electron chi connectivity index (χ0n) is 19.6. The number of carbonyl (C=O) groups is 1. The van der Waals surface area contributed by atoms with Crippen LogP contribution in [0, 0.1) is 17.5 Å². The fourth-order valence-electron chi connectivity index (χ4n) is 4.87. The molecule has 0 radical (unpaired) electrons. The molecule has 186 valence electrons. The van der Waals surface area contributed by atoms with Gasteiger partial charge in [-0.1, -0.05) is 18.2 Å². The number of fused-ring (bicyclic) bond motifs is 2. The van der Waals surface area contributed by atoms with Crippen LogP contribution in [0.2, 0.25) is 0 Å². The van der Waals surface area contributed by atoms with Crippen LogP contribution in [0.15, 0.2) is 60.9 Å². The summed E-state index contributed by atoms with van der Waals surface area (Å²) in [5.74, 6) is -2.64. The molecule has 0 saturated heterocycles. The molecule has 0 saturated carbocycles. The number of nitrogens with one attached hydrogen (secondary N) is 2. The molecule has 0 spiro atoms. The predicted octanol–water partition coefficient (Wildman–Crippen LogP) is 6.67. The van der Waals surface area contributed by atoms with Crippen molar-refractivity contribution < 1.29 is 27.4 Å². The lowest BCUT2D eigenvalue weighted by Gasteiger charge is -2.34. The molecule has 0 aliphatic carbocycles. The van der Waals surface area contributed by atoms with Gasteiger partial charge in [0.2, 0.25) is 5.82 Å². The van der Waals surface area contributed by atoms with Gasteiger partial charge in [-0.2, -0.15) is 4.39 Å². The summed E-state index contributed by atoms with van der Waals surface area (Å²) in [6.45, 7) is 2.57. The van der Waals surface area contributed by atoms with Crippen LogP contribution in [0.4, 0.5) is 13.2 Å². The molecule has 0 amide bonds. The lowest BCUT2D eigenvalue weighted by Crippen LogP contribution is -2.31. The number of H-pyrrole nitrogens is 2. The molecule has 1 aliphatic rings. The second-order valence-electron chi connectivity index (χ2n) is 9.06. The molecule has 1 aliphatic heterocycles. The smallest absolute Gasteiger partial charge is 0.204 e. The summed E-state index contributed by atoms with van der Waals surface area (Å²) in [6, 6.07) is 12.9. The Balaban J connectivity index is 1.39. The Hall–Kier alpha value is -4.53. The summed E-state index contributed by atoms with van der Waals surface area (Å²) < 4.78 is 55.7. The molecule has 37 heavy (non-hydrogen) atoms. The first-order valence-corrected chi connectivity index (χ1v) is 11.6. The maximum Gasteiger partial charge on any atom is 0.204 e. The molecule has 1 atom stereocenters. The molecule has 3 aromatic carbocycles. The molecular weight excluding hydrogens is 483 g/mol. The van der Waals surface area contributed by atoms with E-state index in [9.17, 15) is 18.0 Å². The first-order valence-electron chi connectivity index (χ1n) is 11.6. The van der Waals surface area contributed by atoms with Gasteiger partial charge in [0, 0.05) is 28.8 Å². The van der Waals surface area contributed by atoms with E-state index < -0.39 is 28.6 Å². The summed E-state index contributed by atoms with van der Waals surface area (Å²) in [7, 11) is 0. The van der Waals surface area contributed by atoms with Crippen LogP contribution in [-0.2, 0) is 5.41 Å². The van der Waals surface area contributed by atoms with Crippen molar-refractivity contribution in [1.29, 1.82) is 0 Å². The highest BCUT2D eigenvalue weighted by molar-refractivity contribution is 6.00. The lowest BCUT2D eigenvalue weighted by atomic mass is 9.75. The largest absolute Gasteiger partial charge is 0.493 e. The lowest BCUT2D eigenvalue weighted by molar-refractivity contribution is 0.112. The number of para-hydroxylation sites is 1. The van der Waals surface area contributed by atoms with Gasteiger partial charge in [0.25, 0.3) is 0 Å². The Morgan fingerprint density at radius 1 is 1.08 bits per heavy atom. The number of benzene rings is 3. The van der Waals surface area contributed by atoms with Crippen molar-refractivity contribution in [3.63, 3.8) is 0 Å².